The molecule has 84 valence electrons. The molecule has 1 atom stereocenters. The summed E-state index contributed by atoms with van der Waals surface area (Å²) in [6.45, 7) is 8.97. The lowest BCUT2D eigenvalue weighted by atomic mass is 9.92. The van der Waals surface area contributed by atoms with Crippen molar-refractivity contribution in [3.05, 3.63) is 0 Å². The third-order valence-electron chi connectivity index (χ3n) is 3.15. The Morgan fingerprint density at radius 1 is 1.29 bits per heavy atom. The Bertz CT molecular complexity index is 176. The molecule has 1 aliphatic rings. The summed E-state index contributed by atoms with van der Waals surface area (Å²) in [5.74, 6) is 0. The van der Waals surface area contributed by atoms with Gasteiger partial charge in [0.2, 0.25) is 0 Å². The molecule has 0 aromatic carbocycles. The van der Waals surface area contributed by atoms with Crippen LogP contribution in [0.1, 0.15) is 33.6 Å². The van der Waals surface area contributed by atoms with Crippen LogP contribution in [0.3, 0.4) is 0 Å². The van der Waals surface area contributed by atoms with E-state index < -0.39 is 0 Å². The maximum atomic E-state index is 6.21. The van der Waals surface area contributed by atoms with Gasteiger partial charge in [0.05, 0.1) is 12.2 Å². The van der Waals surface area contributed by atoms with E-state index in [0.717, 1.165) is 25.9 Å². The minimum absolute atomic E-state index is 0.00549. The highest BCUT2D eigenvalue weighted by atomic mass is 16.6. The third-order valence-corrected chi connectivity index (χ3v) is 3.15. The van der Waals surface area contributed by atoms with E-state index >= 15 is 0 Å². The molecule has 0 aromatic rings. The summed E-state index contributed by atoms with van der Waals surface area (Å²) in [6, 6.07) is 0. The van der Waals surface area contributed by atoms with E-state index in [1.165, 1.54) is 0 Å². The summed E-state index contributed by atoms with van der Waals surface area (Å²) in [5, 5.41) is 3.45. The minimum atomic E-state index is -0.168. The monoisotopic (exact) mass is 201 g/mol. The van der Waals surface area contributed by atoms with Crippen LogP contribution in [0.4, 0.5) is 0 Å². The number of hydrogen-bond donors (Lipinski definition) is 1. The highest BCUT2D eigenvalue weighted by molar-refractivity contribution is 4.93. The topological polar surface area (TPSA) is 30.5 Å². The van der Waals surface area contributed by atoms with Crippen molar-refractivity contribution in [2.75, 3.05) is 26.8 Å². The molecule has 1 fully saturated rings. The van der Waals surface area contributed by atoms with Crippen molar-refractivity contribution >= 4 is 0 Å². The summed E-state index contributed by atoms with van der Waals surface area (Å²) >= 11 is 0. The standard InChI is InChI=1S/C11H23NO2/c1-5-11(6-2)8-12-7-10(3,14-11)9-13-4/h12H,5-9H2,1-4H3. The zero-order chi connectivity index (χ0) is 10.7. The Balaban J connectivity index is 2.66. The molecule has 1 saturated heterocycles. The van der Waals surface area contributed by atoms with Crippen molar-refractivity contribution in [2.24, 2.45) is 0 Å². The van der Waals surface area contributed by atoms with E-state index in [1.807, 2.05) is 0 Å². The van der Waals surface area contributed by atoms with Crippen molar-refractivity contribution < 1.29 is 9.47 Å². The molecule has 1 N–H and O–H groups in total. The first kappa shape index (κ1) is 12.0. The SMILES string of the molecule is CCC1(CC)CNCC(C)(COC)O1. The largest absolute Gasteiger partial charge is 0.382 e. The van der Waals surface area contributed by atoms with E-state index in [2.05, 4.69) is 26.1 Å². The number of ether oxygens (including phenoxy) is 2. The van der Waals surface area contributed by atoms with Crippen LogP contribution in [0.2, 0.25) is 0 Å². The summed E-state index contributed by atoms with van der Waals surface area (Å²) < 4.78 is 11.4. The lowest BCUT2D eigenvalue weighted by Crippen LogP contribution is -2.60. The van der Waals surface area contributed by atoms with Crippen LogP contribution in [0.25, 0.3) is 0 Å². The van der Waals surface area contributed by atoms with Crippen LogP contribution in [0, 0.1) is 0 Å². The van der Waals surface area contributed by atoms with Crippen molar-refractivity contribution in [1.29, 1.82) is 0 Å². The average Bonchev–Trinajstić information content (AvgIpc) is 2.17. The Morgan fingerprint density at radius 3 is 2.43 bits per heavy atom. The summed E-state index contributed by atoms with van der Waals surface area (Å²) in [4.78, 5) is 0. The molecule has 0 saturated carbocycles. The smallest absolute Gasteiger partial charge is 0.102 e. The highest BCUT2D eigenvalue weighted by Crippen LogP contribution is 2.29. The molecule has 0 spiro atoms. The fraction of sp³-hybridized carbons (Fsp3) is 1.00. The molecule has 0 radical (unpaired) electrons. The molecule has 14 heavy (non-hydrogen) atoms. The molecule has 0 bridgehead atoms. The predicted octanol–water partition coefficient (Wildman–Crippen LogP) is 1.57. The first-order valence-electron chi connectivity index (χ1n) is 5.49. The second-order valence-corrected chi connectivity index (χ2v) is 4.48. The molecule has 0 amide bonds. The number of methoxy groups -OCH3 is 1. The molecule has 1 heterocycles. The lowest BCUT2D eigenvalue weighted by molar-refractivity contribution is -0.191. The number of morpholine rings is 1. The highest BCUT2D eigenvalue weighted by Gasteiger charge is 2.40. The van der Waals surface area contributed by atoms with Gasteiger partial charge in [-0.15, -0.1) is 0 Å². The van der Waals surface area contributed by atoms with Crippen LogP contribution < -0.4 is 5.32 Å². The van der Waals surface area contributed by atoms with Gasteiger partial charge in [-0.3, -0.25) is 0 Å². The van der Waals surface area contributed by atoms with E-state index in [4.69, 9.17) is 9.47 Å². The van der Waals surface area contributed by atoms with Gasteiger partial charge in [0.15, 0.2) is 0 Å². The van der Waals surface area contributed by atoms with Gasteiger partial charge in [0.1, 0.15) is 5.60 Å². The first-order chi connectivity index (χ1) is 6.60. The molecule has 0 aromatic heterocycles. The van der Waals surface area contributed by atoms with Gasteiger partial charge in [-0.2, -0.15) is 0 Å². The number of hydrogen-bond acceptors (Lipinski definition) is 3. The predicted molar refractivity (Wildman–Crippen MR) is 57.5 cm³/mol. The van der Waals surface area contributed by atoms with Gasteiger partial charge < -0.3 is 14.8 Å². The third kappa shape index (κ3) is 2.47. The van der Waals surface area contributed by atoms with E-state index in [9.17, 15) is 0 Å². The Hall–Kier alpha value is -0.120. The molecule has 3 nitrogen and oxygen atoms in total. The second kappa shape index (κ2) is 4.60. The van der Waals surface area contributed by atoms with Crippen molar-refractivity contribution in [3.8, 4) is 0 Å². The van der Waals surface area contributed by atoms with E-state index in [1.54, 1.807) is 7.11 Å². The van der Waals surface area contributed by atoms with Gasteiger partial charge in [0, 0.05) is 20.2 Å². The molecule has 1 unspecified atom stereocenters. The normalized spacial score (nSPS) is 31.7. The fourth-order valence-corrected chi connectivity index (χ4v) is 2.18. The van der Waals surface area contributed by atoms with Gasteiger partial charge in [-0.1, -0.05) is 13.8 Å². The Morgan fingerprint density at radius 2 is 1.93 bits per heavy atom. The molecule has 1 rings (SSSR count). The van der Waals surface area contributed by atoms with Crippen molar-refractivity contribution in [3.63, 3.8) is 0 Å². The molecule has 0 aliphatic carbocycles. The number of rotatable bonds is 4. The van der Waals surface area contributed by atoms with Crippen LogP contribution in [0.15, 0.2) is 0 Å². The summed E-state index contributed by atoms with van der Waals surface area (Å²) in [7, 11) is 1.72. The molecule has 3 heteroatoms. The molecule has 1 aliphatic heterocycles. The average molecular weight is 201 g/mol. The van der Waals surface area contributed by atoms with Crippen LogP contribution >= 0.6 is 0 Å². The maximum absolute atomic E-state index is 6.21. The summed E-state index contributed by atoms with van der Waals surface area (Å²) in [5.41, 5.74) is -0.162. The maximum Gasteiger partial charge on any atom is 0.102 e. The van der Waals surface area contributed by atoms with Crippen LogP contribution in [-0.4, -0.2) is 38.0 Å². The number of nitrogens with one attached hydrogen (secondary N) is 1. The zero-order valence-electron chi connectivity index (χ0n) is 9.85. The van der Waals surface area contributed by atoms with Crippen molar-refractivity contribution in [2.45, 2.75) is 44.8 Å². The first-order valence-corrected chi connectivity index (χ1v) is 5.49. The van der Waals surface area contributed by atoms with E-state index in [-0.39, 0.29) is 11.2 Å². The Labute approximate surface area is 87.2 Å². The zero-order valence-corrected chi connectivity index (χ0v) is 9.85. The van der Waals surface area contributed by atoms with Gasteiger partial charge in [-0.05, 0) is 19.8 Å². The van der Waals surface area contributed by atoms with E-state index in [0.29, 0.717) is 6.61 Å². The second-order valence-electron chi connectivity index (χ2n) is 4.48. The van der Waals surface area contributed by atoms with Crippen LogP contribution in [0.5, 0.6) is 0 Å². The fourth-order valence-electron chi connectivity index (χ4n) is 2.18. The quantitative estimate of drug-likeness (QED) is 0.749. The van der Waals surface area contributed by atoms with Gasteiger partial charge in [-0.25, -0.2) is 0 Å². The molecular formula is C11H23NO2. The summed E-state index contributed by atoms with van der Waals surface area (Å²) in [6.07, 6.45) is 2.10. The van der Waals surface area contributed by atoms with Gasteiger partial charge >= 0.3 is 0 Å². The lowest BCUT2D eigenvalue weighted by Gasteiger charge is -2.46. The van der Waals surface area contributed by atoms with Crippen LogP contribution in [-0.2, 0) is 9.47 Å². The minimum Gasteiger partial charge on any atom is -0.382 e. The Kier molecular flexibility index (Phi) is 3.93. The van der Waals surface area contributed by atoms with Crippen molar-refractivity contribution in [1.82, 2.24) is 5.32 Å². The van der Waals surface area contributed by atoms with Gasteiger partial charge in [0.25, 0.3) is 0 Å². The molecular weight excluding hydrogens is 178 g/mol.